The Balaban J connectivity index is 3.74. The molecule has 0 rings (SSSR count). The highest BCUT2D eigenvalue weighted by molar-refractivity contribution is 7.45. The van der Waals surface area contributed by atoms with Crippen molar-refractivity contribution in [1.29, 1.82) is 0 Å². The summed E-state index contributed by atoms with van der Waals surface area (Å²) in [6.45, 7) is 4.63. The Morgan fingerprint density at radius 2 is 0.806 bits per heavy atom. The van der Waals surface area contributed by atoms with E-state index in [9.17, 15) is 19.4 Å². The quantitative estimate of drug-likeness (QED) is 0.0272. The predicted molar refractivity (Wildman–Crippen MR) is 311 cm³/mol. The number of nitrogens with one attached hydrogen (secondary N) is 1. The number of hydrogen-bond acceptors (Lipinski definition) is 6. The molecule has 1 amide bonds. The summed E-state index contributed by atoms with van der Waals surface area (Å²) in [6.07, 6.45) is 71.4. The van der Waals surface area contributed by atoms with E-state index in [1.165, 1.54) is 244 Å². The van der Waals surface area contributed by atoms with E-state index in [4.69, 9.17) is 9.05 Å². The molecule has 0 heterocycles. The second-order valence-electron chi connectivity index (χ2n) is 22.8. The minimum absolute atomic E-state index is 0.000856. The molecule has 3 unspecified atom stereocenters. The van der Waals surface area contributed by atoms with Crippen molar-refractivity contribution in [2.45, 2.75) is 321 Å². The van der Waals surface area contributed by atoms with Crippen LogP contribution >= 0.6 is 7.82 Å². The van der Waals surface area contributed by atoms with Gasteiger partial charge in [-0.2, -0.15) is 0 Å². The standard InChI is InChI=1S/C63H123N2O6P/c1-6-8-10-12-14-16-17-18-19-20-21-22-23-24-25-26-27-28-29-30-31-32-33-34-35-36-37-38-39-40-41-42-43-44-45-46-47-49-51-53-55-57-63(67)64-61(60-71-72(68,69)70-59-58-65(3,4)5)62(66)56-54-52-50-48-15-13-11-9-7-2/h17-18,20-21,54,56,61-62,66H,6-16,19,22-53,55,57-60H2,1-5H3,(H-,64,67,68,69)/b18-17-,21-20-,56-54+. The second-order valence-corrected chi connectivity index (χ2v) is 24.2. The van der Waals surface area contributed by atoms with Gasteiger partial charge in [-0.05, 0) is 51.4 Å². The number of aliphatic hydroxyl groups is 1. The average Bonchev–Trinajstić information content (AvgIpc) is 3.34. The normalized spacial score (nSPS) is 14.0. The van der Waals surface area contributed by atoms with Crippen LogP contribution in [0.5, 0.6) is 0 Å². The van der Waals surface area contributed by atoms with E-state index in [2.05, 4.69) is 43.5 Å². The summed E-state index contributed by atoms with van der Waals surface area (Å²) >= 11 is 0. The van der Waals surface area contributed by atoms with Crippen LogP contribution in [0.3, 0.4) is 0 Å². The summed E-state index contributed by atoms with van der Waals surface area (Å²) in [4.78, 5) is 25.4. The zero-order valence-electron chi connectivity index (χ0n) is 48.6. The number of rotatable bonds is 58. The second kappa shape index (κ2) is 54.5. The summed E-state index contributed by atoms with van der Waals surface area (Å²) in [5.74, 6) is -0.195. The van der Waals surface area contributed by atoms with Crippen molar-refractivity contribution >= 4 is 13.7 Å². The Bertz CT molecular complexity index is 1270. The summed E-state index contributed by atoms with van der Waals surface area (Å²) in [5.41, 5.74) is 0. The molecule has 2 N–H and O–H groups in total. The number of carbonyl (C=O) groups is 1. The molecule has 8 nitrogen and oxygen atoms in total. The lowest BCUT2D eigenvalue weighted by Gasteiger charge is -2.29. The number of phosphoric acid groups is 1. The highest BCUT2D eigenvalue weighted by atomic mass is 31.2. The number of allylic oxidation sites excluding steroid dienone is 5. The van der Waals surface area contributed by atoms with Crippen molar-refractivity contribution in [2.75, 3.05) is 40.9 Å². The number of likely N-dealkylation sites (N-methyl/N-ethyl adjacent to an activating group) is 1. The zero-order valence-corrected chi connectivity index (χ0v) is 49.5. The van der Waals surface area contributed by atoms with Gasteiger partial charge in [0, 0.05) is 6.42 Å². The molecule has 0 bridgehead atoms. The number of nitrogens with zero attached hydrogens (tertiary/aromatic N) is 1. The van der Waals surface area contributed by atoms with Crippen LogP contribution in [0.1, 0.15) is 309 Å². The molecule has 3 atom stereocenters. The van der Waals surface area contributed by atoms with Crippen molar-refractivity contribution in [2.24, 2.45) is 0 Å². The molecule has 9 heteroatoms. The first-order valence-electron chi connectivity index (χ1n) is 31.4. The molecule has 426 valence electrons. The molecule has 0 aromatic carbocycles. The molecule has 0 aromatic rings. The molecule has 0 aromatic heterocycles. The molecule has 72 heavy (non-hydrogen) atoms. The Morgan fingerprint density at radius 3 is 1.15 bits per heavy atom. The predicted octanol–water partition coefficient (Wildman–Crippen LogP) is 18.7. The van der Waals surface area contributed by atoms with E-state index in [0.717, 1.165) is 44.9 Å². The highest BCUT2D eigenvalue weighted by Gasteiger charge is 2.23. The average molecular weight is 1040 g/mol. The number of carbonyl (C=O) groups excluding carboxylic acids is 1. The summed E-state index contributed by atoms with van der Waals surface area (Å²) in [5, 5.41) is 13.8. The monoisotopic (exact) mass is 1030 g/mol. The van der Waals surface area contributed by atoms with Crippen LogP contribution in [-0.2, 0) is 18.4 Å². The molecule has 0 radical (unpaired) electrons. The maximum atomic E-state index is 12.9. The van der Waals surface area contributed by atoms with Gasteiger partial charge in [-0.15, -0.1) is 0 Å². The SMILES string of the molecule is CCCCCCC/C=C\C/C=C\CCCCCCCCCCCCCCCCCCCCCCCCCCCCCCCC(=O)NC(COP(=O)([O-])OCC[N+](C)(C)C)C(O)/C=C/CCCCCCCCC. The molecule has 0 aliphatic carbocycles. The molecule has 0 fully saturated rings. The Labute approximate surface area is 448 Å². The smallest absolute Gasteiger partial charge is 0.268 e. The first-order chi connectivity index (χ1) is 35.0. The Hall–Kier alpha value is -1.28. The maximum Gasteiger partial charge on any atom is 0.268 e. The summed E-state index contributed by atoms with van der Waals surface area (Å²) in [7, 11) is 1.27. The fourth-order valence-corrected chi connectivity index (χ4v) is 10.1. The molecular weight excluding hydrogens is 912 g/mol. The van der Waals surface area contributed by atoms with Gasteiger partial charge >= 0.3 is 0 Å². The highest BCUT2D eigenvalue weighted by Crippen LogP contribution is 2.38. The van der Waals surface area contributed by atoms with Gasteiger partial charge in [0.2, 0.25) is 5.91 Å². The lowest BCUT2D eigenvalue weighted by atomic mass is 10.0. The van der Waals surface area contributed by atoms with Gasteiger partial charge in [0.25, 0.3) is 7.82 Å². The van der Waals surface area contributed by atoms with Crippen molar-refractivity contribution < 1.29 is 32.9 Å². The van der Waals surface area contributed by atoms with E-state index >= 15 is 0 Å². The largest absolute Gasteiger partial charge is 0.756 e. The fraction of sp³-hybridized carbons (Fsp3) is 0.889. The lowest BCUT2D eigenvalue weighted by molar-refractivity contribution is -0.870. The number of hydrogen-bond donors (Lipinski definition) is 2. The van der Waals surface area contributed by atoms with Crippen molar-refractivity contribution in [3.8, 4) is 0 Å². The van der Waals surface area contributed by atoms with Gasteiger partial charge in [-0.3, -0.25) is 9.36 Å². The topological polar surface area (TPSA) is 108 Å². The summed E-state index contributed by atoms with van der Waals surface area (Å²) in [6, 6.07) is -0.881. The first-order valence-corrected chi connectivity index (χ1v) is 32.8. The van der Waals surface area contributed by atoms with Crippen LogP contribution in [0.4, 0.5) is 0 Å². The third-order valence-electron chi connectivity index (χ3n) is 14.3. The number of aliphatic hydroxyl groups excluding tert-OH is 1. The minimum Gasteiger partial charge on any atom is -0.756 e. The minimum atomic E-state index is -4.58. The van der Waals surface area contributed by atoms with Crippen LogP contribution < -0.4 is 10.2 Å². The van der Waals surface area contributed by atoms with Crippen LogP contribution in [0.15, 0.2) is 36.5 Å². The van der Waals surface area contributed by atoms with E-state index < -0.39 is 20.0 Å². The van der Waals surface area contributed by atoms with Crippen molar-refractivity contribution in [1.82, 2.24) is 5.32 Å². The number of amides is 1. The van der Waals surface area contributed by atoms with Gasteiger partial charge in [0.1, 0.15) is 13.2 Å². The van der Waals surface area contributed by atoms with Crippen LogP contribution in [0, 0.1) is 0 Å². The maximum absolute atomic E-state index is 12.9. The lowest BCUT2D eigenvalue weighted by Crippen LogP contribution is -2.45. The third kappa shape index (κ3) is 56.4. The van der Waals surface area contributed by atoms with Crippen LogP contribution in [0.2, 0.25) is 0 Å². The molecular formula is C63H123N2O6P. The van der Waals surface area contributed by atoms with Crippen LogP contribution in [0.25, 0.3) is 0 Å². The van der Waals surface area contributed by atoms with Crippen molar-refractivity contribution in [3.05, 3.63) is 36.5 Å². The molecule has 0 aliphatic rings. The summed E-state index contributed by atoms with van der Waals surface area (Å²) < 4.78 is 23.2. The molecule has 0 spiro atoms. The molecule has 0 aliphatic heterocycles. The van der Waals surface area contributed by atoms with Gasteiger partial charge in [0.15, 0.2) is 0 Å². The number of unbranched alkanes of at least 4 members (excludes halogenated alkanes) is 41. The number of quaternary nitrogens is 1. The van der Waals surface area contributed by atoms with Gasteiger partial charge in [-0.25, -0.2) is 0 Å². The molecule has 0 saturated heterocycles. The van der Waals surface area contributed by atoms with E-state index in [1.807, 2.05) is 27.2 Å². The Kier molecular flexibility index (Phi) is 53.5. The molecule has 0 saturated carbocycles. The van der Waals surface area contributed by atoms with E-state index in [-0.39, 0.29) is 19.1 Å². The first kappa shape index (κ1) is 70.7. The Morgan fingerprint density at radius 1 is 0.486 bits per heavy atom. The number of phosphoric ester groups is 1. The zero-order chi connectivity index (χ0) is 52.7. The van der Waals surface area contributed by atoms with Gasteiger partial charge < -0.3 is 28.8 Å². The fourth-order valence-electron chi connectivity index (χ4n) is 9.42. The van der Waals surface area contributed by atoms with Crippen molar-refractivity contribution in [3.63, 3.8) is 0 Å². The van der Waals surface area contributed by atoms with E-state index in [1.54, 1.807) is 6.08 Å². The third-order valence-corrected chi connectivity index (χ3v) is 15.3. The van der Waals surface area contributed by atoms with Gasteiger partial charge in [0.05, 0.1) is 39.9 Å². The van der Waals surface area contributed by atoms with Crippen LogP contribution in [-0.4, -0.2) is 68.5 Å². The van der Waals surface area contributed by atoms with E-state index in [0.29, 0.717) is 17.4 Å². The van der Waals surface area contributed by atoms with Gasteiger partial charge in [-0.1, -0.05) is 288 Å².